The first-order valence-electron chi connectivity index (χ1n) is 7.23. The molecule has 19 heavy (non-hydrogen) atoms. The Balaban J connectivity index is 2.65. The summed E-state index contributed by atoms with van der Waals surface area (Å²) in [6.07, 6.45) is 3.41. The van der Waals surface area contributed by atoms with E-state index in [4.69, 9.17) is 5.73 Å². The molecule has 0 saturated carbocycles. The van der Waals surface area contributed by atoms with E-state index >= 15 is 0 Å². The van der Waals surface area contributed by atoms with Gasteiger partial charge in [0.2, 0.25) is 5.91 Å². The quantitative estimate of drug-likeness (QED) is 0.765. The van der Waals surface area contributed by atoms with E-state index in [1.807, 2.05) is 13.8 Å². The second-order valence-electron chi connectivity index (χ2n) is 5.50. The number of rotatable bonds is 6. The molecule has 1 fully saturated rings. The molecule has 0 radical (unpaired) electrons. The fraction of sp³-hybridized carbons (Fsp3) is 0.857. The van der Waals surface area contributed by atoms with Crippen molar-refractivity contribution in [3.05, 3.63) is 0 Å². The van der Waals surface area contributed by atoms with Crippen molar-refractivity contribution in [3.63, 3.8) is 0 Å². The first kappa shape index (κ1) is 16.0. The molecular weight excluding hydrogens is 244 g/mol. The Morgan fingerprint density at radius 1 is 1.32 bits per heavy atom. The van der Waals surface area contributed by atoms with Crippen molar-refractivity contribution < 1.29 is 14.7 Å². The van der Waals surface area contributed by atoms with Crippen molar-refractivity contribution in [2.45, 2.75) is 46.0 Å². The number of carbonyl (C=O) groups excluding carboxylic acids is 1. The van der Waals surface area contributed by atoms with Crippen molar-refractivity contribution in [1.82, 2.24) is 4.90 Å². The molecule has 0 spiro atoms. The second-order valence-corrected chi connectivity index (χ2v) is 5.50. The zero-order chi connectivity index (χ0) is 14.5. The molecule has 5 heteroatoms. The van der Waals surface area contributed by atoms with Gasteiger partial charge in [0.15, 0.2) is 0 Å². The van der Waals surface area contributed by atoms with Crippen LogP contribution in [0.15, 0.2) is 0 Å². The summed E-state index contributed by atoms with van der Waals surface area (Å²) >= 11 is 0. The molecule has 1 heterocycles. The molecular formula is C14H26N2O3. The van der Waals surface area contributed by atoms with Gasteiger partial charge in [-0.05, 0) is 25.7 Å². The Labute approximate surface area is 115 Å². The molecule has 1 amide bonds. The standard InChI is InChI=1S/C14H26N2O3/c1-3-5-14(13(18)19)6-8-16(9-7-14)12(17)11(4-2)10-15/h11H,3-10,15H2,1-2H3,(H,18,19). The van der Waals surface area contributed by atoms with Crippen LogP contribution < -0.4 is 5.73 Å². The summed E-state index contributed by atoms with van der Waals surface area (Å²) < 4.78 is 0. The minimum Gasteiger partial charge on any atom is -0.481 e. The van der Waals surface area contributed by atoms with Crippen LogP contribution in [-0.2, 0) is 9.59 Å². The van der Waals surface area contributed by atoms with Crippen molar-refractivity contribution in [1.29, 1.82) is 0 Å². The maximum atomic E-state index is 12.2. The minimum atomic E-state index is -0.715. The SMILES string of the molecule is CCCC1(C(=O)O)CCN(C(=O)C(CC)CN)CC1. The van der Waals surface area contributed by atoms with E-state index < -0.39 is 11.4 Å². The molecule has 0 aromatic heterocycles. The zero-order valence-electron chi connectivity index (χ0n) is 12.0. The molecule has 1 aliphatic heterocycles. The van der Waals surface area contributed by atoms with E-state index in [-0.39, 0.29) is 11.8 Å². The highest BCUT2D eigenvalue weighted by molar-refractivity contribution is 5.80. The summed E-state index contributed by atoms with van der Waals surface area (Å²) in [6, 6.07) is 0. The van der Waals surface area contributed by atoms with Gasteiger partial charge in [-0.2, -0.15) is 0 Å². The lowest BCUT2D eigenvalue weighted by atomic mass is 9.75. The average molecular weight is 270 g/mol. The normalized spacial score (nSPS) is 20.1. The van der Waals surface area contributed by atoms with Gasteiger partial charge in [0.05, 0.1) is 11.3 Å². The minimum absolute atomic E-state index is 0.0838. The van der Waals surface area contributed by atoms with Gasteiger partial charge in [-0.1, -0.05) is 20.3 Å². The fourth-order valence-electron chi connectivity index (χ4n) is 2.90. The van der Waals surface area contributed by atoms with Crippen LogP contribution in [0.2, 0.25) is 0 Å². The van der Waals surface area contributed by atoms with Crippen molar-refractivity contribution in [3.8, 4) is 0 Å². The number of likely N-dealkylation sites (tertiary alicyclic amines) is 1. The molecule has 1 saturated heterocycles. The molecule has 5 nitrogen and oxygen atoms in total. The van der Waals surface area contributed by atoms with Crippen LogP contribution in [0, 0.1) is 11.3 Å². The molecule has 0 aliphatic carbocycles. The lowest BCUT2D eigenvalue weighted by molar-refractivity contribution is -0.155. The summed E-state index contributed by atoms with van der Waals surface area (Å²) in [4.78, 5) is 25.5. The van der Waals surface area contributed by atoms with Gasteiger partial charge in [0.25, 0.3) is 0 Å². The Bertz CT molecular complexity index is 319. The fourth-order valence-corrected chi connectivity index (χ4v) is 2.90. The second kappa shape index (κ2) is 6.89. The number of hydrogen-bond acceptors (Lipinski definition) is 3. The number of piperidine rings is 1. The topological polar surface area (TPSA) is 83.6 Å². The van der Waals surface area contributed by atoms with Crippen LogP contribution >= 0.6 is 0 Å². The Morgan fingerprint density at radius 3 is 2.26 bits per heavy atom. The Hall–Kier alpha value is -1.10. The first-order chi connectivity index (χ1) is 9.00. The first-order valence-corrected chi connectivity index (χ1v) is 7.23. The number of hydrogen-bond donors (Lipinski definition) is 2. The van der Waals surface area contributed by atoms with Gasteiger partial charge in [-0.25, -0.2) is 0 Å². The molecule has 1 unspecified atom stereocenters. The van der Waals surface area contributed by atoms with Crippen molar-refractivity contribution in [2.75, 3.05) is 19.6 Å². The summed E-state index contributed by atoms with van der Waals surface area (Å²) in [5.74, 6) is -0.753. The van der Waals surface area contributed by atoms with Gasteiger partial charge >= 0.3 is 5.97 Å². The molecule has 1 atom stereocenters. The van der Waals surface area contributed by atoms with E-state index in [1.54, 1.807) is 4.90 Å². The lowest BCUT2D eigenvalue weighted by Gasteiger charge is -2.39. The highest BCUT2D eigenvalue weighted by Gasteiger charge is 2.41. The number of aliphatic carboxylic acids is 1. The van der Waals surface area contributed by atoms with E-state index in [1.165, 1.54) is 0 Å². The van der Waals surface area contributed by atoms with Crippen molar-refractivity contribution >= 4 is 11.9 Å². The van der Waals surface area contributed by atoms with Gasteiger partial charge in [-0.15, -0.1) is 0 Å². The summed E-state index contributed by atoms with van der Waals surface area (Å²) in [5.41, 5.74) is 4.97. The Kier molecular flexibility index (Phi) is 5.79. The molecule has 0 aromatic rings. The monoisotopic (exact) mass is 270 g/mol. The molecule has 1 rings (SSSR count). The van der Waals surface area contributed by atoms with E-state index in [0.29, 0.717) is 38.9 Å². The molecule has 0 aromatic carbocycles. The Morgan fingerprint density at radius 2 is 1.89 bits per heavy atom. The highest BCUT2D eigenvalue weighted by atomic mass is 16.4. The maximum Gasteiger partial charge on any atom is 0.309 e. The maximum absolute atomic E-state index is 12.2. The number of carboxylic acids is 1. The highest BCUT2D eigenvalue weighted by Crippen LogP contribution is 2.36. The summed E-state index contributed by atoms with van der Waals surface area (Å²) in [6.45, 7) is 5.41. The van der Waals surface area contributed by atoms with Crippen LogP contribution in [0.25, 0.3) is 0 Å². The smallest absolute Gasteiger partial charge is 0.309 e. The van der Waals surface area contributed by atoms with Crippen molar-refractivity contribution in [2.24, 2.45) is 17.1 Å². The molecule has 110 valence electrons. The predicted molar refractivity (Wildman–Crippen MR) is 73.6 cm³/mol. The van der Waals surface area contributed by atoms with Crippen LogP contribution in [-0.4, -0.2) is 41.5 Å². The van der Waals surface area contributed by atoms with E-state index in [2.05, 4.69) is 0 Å². The number of carboxylic acid groups (broad SMARTS) is 1. The van der Waals surface area contributed by atoms with Crippen LogP contribution in [0.5, 0.6) is 0 Å². The largest absolute Gasteiger partial charge is 0.481 e. The number of carbonyl (C=O) groups is 2. The van der Waals surface area contributed by atoms with Crippen LogP contribution in [0.3, 0.4) is 0 Å². The van der Waals surface area contributed by atoms with Crippen LogP contribution in [0.1, 0.15) is 46.0 Å². The summed E-state index contributed by atoms with van der Waals surface area (Å²) in [7, 11) is 0. The van der Waals surface area contributed by atoms with Gasteiger partial charge in [-0.3, -0.25) is 9.59 Å². The number of amides is 1. The number of nitrogens with two attached hydrogens (primary N) is 1. The van der Waals surface area contributed by atoms with E-state index in [0.717, 1.165) is 12.8 Å². The third-order valence-corrected chi connectivity index (χ3v) is 4.34. The van der Waals surface area contributed by atoms with Gasteiger partial charge in [0.1, 0.15) is 0 Å². The predicted octanol–water partition coefficient (Wildman–Crippen LogP) is 1.46. The van der Waals surface area contributed by atoms with Crippen LogP contribution in [0.4, 0.5) is 0 Å². The average Bonchev–Trinajstić information content (AvgIpc) is 2.41. The van der Waals surface area contributed by atoms with Gasteiger partial charge < -0.3 is 15.7 Å². The van der Waals surface area contributed by atoms with Gasteiger partial charge in [0, 0.05) is 19.6 Å². The van der Waals surface area contributed by atoms with E-state index in [9.17, 15) is 14.7 Å². The third kappa shape index (κ3) is 3.47. The lowest BCUT2D eigenvalue weighted by Crippen LogP contribution is -2.49. The number of nitrogens with zero attached hydrogens (tertiary/aromatic N) is 1. The molecule has 0 bridgehead atoms. The molecule has 3 N–H and O–H groups in total. The zero-order valence-corrected chi connectivity index (χ0v) is 12.0. The molecule has 1 aliphatic rings. The summed E-state index contributed by atoms with van der Waals surface area (Å²) in [5, 5.41) is 9.42. The third-order valence-electron chi connectivity index (χ3n) is 4.34.